The maximum Gasteiger partial charge on any atom is 0.00668 e. The largest absolute Gasteiger partial charge is 0.317 e. The molecule has 0 bridgehead atoms. The molecule has 1 N–H and O–H groups in total. The zero-order valence-electron chi connectivity index (χ0n) is 11.5. The van der Waals surface area contributed by atoms with Crippen LogP contribution in [0.5, 0.6) is 0 Å². The highest BCUT2D eigenvalue weighted by Gasteiger charge is 2.28. The Bertz CT molecular complexity index is 398. The van der Waals surface area contributed by atoms with Gasteiger partial charge in [-0.05, 0) is 75.0 Å². The molecule has 1 heteroatoms. The number of hydrogen-bond donors (Lipinski definition) is 1. The van der Waals surface area contributed by atoms with Crippen molar-refractivity contribution in [3.05, 3.63) is 35.4 Å². The Morgan fingerprint density at radius 1 is 1.17 bits per heavy atom. The Kier molecular flexibility index (Phi) is 3.69. The lowest BCUT2D eigenvalue weighted by Gasteiger charge is -2.27. The summed E-state index contributed by atoms with van der Waals surface area (Å²) in [5.74, 6) is 1.80. The molecule has 0 aromatic heterocycles. The van der Waals surface area contributed by atoms with Crippen LogP contribution in [0.1, 0.15) is 55.6 Å². The maximum atomic E-state index is 3.45. The van der Waals surface area contributed by atoms with Gasteiger partial charge in [0.1, 0.15) is 0 Å². The van der Waals surface area contributed by atoms with E-state index in [1.54, 1.807) is 11.1 Å². The van der Waals surface area contributed by atoms with Crippen molar-refractivity contribution in [2.45, 2.75) is 56.9 Å². The monoisotopic (exact) mass is 243 g/mol. The highest BCUT2D eigenvalue weighted by Crippen LogP contribution is 2.40. The first kappa shape index (κ1) is 12.2. The Balaban J connectivity index is 1.67. The number of hydrogen-bond acceptors (Lipinski definition) is 1. The molecule has 0 amide bonds. The third-order valence-electron chi connectivity index (χ3n) is 5.06. The van der Waals surface area contributed by atoms with Crippen molar-refractivity contribution in [1.29, 1.82) is 0 Å². The number of benzene rings is 1. The summed E-state index contributed by atoms with van der Waals surface area (Å²) >= 11 is 0. The van der Waals surface area contributed by atoms with Crippen LogP contribution in [-0.4, -0.2) is 13.1 Å². The standard InChI is InChI=1S/C17H25N/c1-18-16-10-9-13(12-16)11-15-7-4-6-14-5-2-3-8-17(14)15/h2-3,5,8,13,15-16,18H,4,6-7,9-12H2,1H3. The third-order valence-corrected chi connectivity index (χ3v) is 5.06. The summed E-state index contributed by atoms with van der Waals surface area (Å²) in [7, 11) is 2.11. The molecule has 2 aliphatic rings. The Morgan fingerprint density at radius 2 is 2.06 bits per heavy atom. The second-order valence-electron chi connectivity index (χ2n) is 6.19. The fourth-order valence-corrected chi connectivity index (χ4v) is 4.05. The predicted molar refractivity (Wildman–Crippen MR) is 76.9 cm³/mol. The highest BCUT2D eigenvalue weighted by molar-refractivity contribution is 5.32. The van der Waals surface area contributed by atoms with Crippen LogP contribution < -0.4 is 5.32 Å². The van der Waals surface area contributed by atoms with Crippen molar-refractivity contribution in [3.8, 4) is 0 Å². The van der Waals surface area contributed by atoms with Crippen molar-refractivity contribution in [3.63, 3.8) is 0 Å². The van der Waals surface area contributed by atoms with Crippen LogP contribution in [-0.2, 0) is 6.42 Å². The van der Waals surface area contributed by atoms with Crippen LogP contribution in [0, 0.1) is 5.92 Å². The molecule has 3 atom stereocenters. The minimum Gasteiger partial charge on any atom is -0.317 e. The number of aryl methyl sites for hydroxylation is 1. The molecule has 1 fully saturated rings. The van der Waals surface area contributed by atoms with E-state index in [0.29, 0.717) is 0 Å². The van der Waals surface area contributed by atoms with Gasteiger partial charge < -0.3 is 5.32 Å². The molecule has 0 aliphatic heterocycles. The van der Waals surface area contributed by atoms with Crippen LogP contribution in [0.15, 0.2) is 24.3 Å². The summed E-state index contributed by atoms with van der Waals surface area (Å²) in [5, 5.41) is 3.45. The van der Waals surface area contributed by atoms with E-state index in [9.17, 15) is 0 Å². The van der Waals surface area contributed by atoms with Crippen LogP contribution >= 0.6 is 0 Å². The second kappa shape index (κ2) is 5.44. The van der Waals surface area contributed by atoms with Crippen LogP contribution in [0.25, 0.3) is 0 Å². The van der Waals surface area contributed by atoms with Gasteiger partial charge in [0.2, 0.25) is 0 Å². The molecule has 1 saturated carbocycles. The molecule has 98 valence electrons. The van der Waals surface area contributed by atoms with Crippen LogP contribution in [0.4, 0.5) is 0 Å². The van der Waals surface area contributed by atoms with Crippen LogP contribution in [0.2, 0.25) is 0 Å². The topological polar surface area (TPSA) is 12.0 Å². The number of fused-ring (bicyclic) bond motifs is 1. The molecule has 3 rings (SSSR count). The second-order valence-corrected chi connectivity index (χ2v) is 6.19. The van der Waals surface area contributed by atoms with Crippen molar-refractivity contribution < 1.29 is 0 Å². The van der Waals surface area contributed by atoms with E-state index < -0.39 is 0 Å². The van der Waals surface area contributed by atoms with Gasteiger partial charge in [0.25, 0.3) is 0 Å². The minimum absolute atomic E-state index is 0.786. The van der Waals surface area contributed by atoms with E-state index in [1.165, 1.54) is 44.9 Å². The molecule has 2 aliphatic carbocycles. The van der Waals surface area contributed by atoms with E-state index >= 15 is 0 Å². The van der Waals surface area contributed by atoms with Crippen LogP contribution in [0.3, 0.4) is 0 Å². The van der Waals surface area contributed by atoms with Crippen molar-refractivity contribution >= 4 is 0 Å². The first-order valence-electron chi connectivity index (χ1n) is 7.62. The van der Waals surface area contributed by atoms with Gasteiger partial charge in [0.15, 0.2) is 0 Å². The number of nitrogens with one attached hydrogen (secondary N) is 1. The van der Waals surface area contributed by atoms with Gasteiger partial charge in [-0.2, -0.15) is 0 Å². The normalized spacial score (nSPS) is 31.3. The fraction of sp³-hybridized carbons (Fsp3) is 0.647. The first-order valence-corrected chi connectivity index (χ1v) is 7.62. The van der Waals surface area contributed by atoms with E-state index in [-0.39, 0.29) is 0 Å². The maximum absolute atomic E-state index is 3.45. The van der Waals surface area contributed by atoms with Gasteiger partial charge in [0, 0.05) is 6.04 Å². The lowest BCUT2D eigenvalue weighted by molar-refractivity contribution is 0.401. The minimum atomic E-state index is 0.786. The quantitative estimate of drug-likeness (QED) is 0.849. The highest BCUT2D eigenvalue weighted by atomic mass is 14.9. The van der Waals surface area contributed by atoms with E-state index in [1.807, 2.05) is 0 Å². The Hall–Kier alpha value is -0.820. The molecule has 0 radical (unpaired) electrons. The average Bonchev–Trinajstić information content (AvgIpc) is 2.87. The third kappa shape index (κ3) is 2.47. The smallest absolute Gasteiger partial charge is 0.00668 e. The van der Waals surface area contributed by atoms with Gasteiger partial charge in [-0.1, -0.05) is 24.3 Å². The lowest BCUT2D eigenvalue weighted by Crippen LogP contribution is -2.21. The molecule has 18 heavy (non-hydrogen) atoms. The molecule has 3 unspecified atom stereocenters. The summed E-state index contributed by atoms with van der Waals surface area (Å²) in [4.78, 5) is 0. The summed E-state index contributed by atoms with van der Waals surface area (Å²) in [6.07, 6.45) is 9.75. The average molecular weight is 243 g/mol. The summed E-state index contributed by atoms with van der Waals surface area (Å²) < 4.78 is 0. The van der Waals surface area contributed by atoms with Crippen molar-refractivity contribution in [1.82, 2.24) is 5.32 Å². The lowest BCUT2D eigenvalue weighted by atomic mass is 9.78. The summed E-state index contributed by atoms with van der Waals surface area (Å²) in [6, 6.07) is 9.93. The van der Waals surface area contributed by atoms with E-state index in [2.05, 4.69) is 36.6 Å². The van der Waals surface area contributed by atoms with Gasteiger partial charge >= 0.3 is 0 Å². The molecular weight excluding hydrogens is 218 g/mol. The molecular formula is C17H25N. The Labute approximate surface area is 111 Å². The summed E-state index contributed by atoms with van der Waals surface area (Å²) in [5.41, 5.74) is 3.29. The fourth-order valence-electron chi connectivity index (χ4n) is 4.05. The summed E-state index contributed by atoms with van der Waals surface area (Å²) in [6.45, 7) is 0. The van der Waals surface area contributed by atoms with E-state index in [4.69, 9.17) is 0 Å². The predicted octanol–water partition coefficient (Wildman–Crippen LogP) is 3.88. The zero-order valence-corrected chi connectivity index (χ0v) is 11.5. The number of rotatable bonds is 3. The molecule has 1 aromatic carbocycles. The molecule has 0 spiro atoms. The van der Waals surface area contributed by atoms with Gasteiger partial charge in [-0.15, -0.1) is 0 Å². The Morgan fingerprint density at radius 3 is 2.89 bits per heavy atom. The molecule has 0 saturated heterocycles. The van der Waals surface area contributed by atoms with E-state index in [0.717, 1.165) is 17.9 Å². The molecule has 0 heterocycles. The van der Waals surface area contributed by atoms with Gasteiger partial charge in [-0.25, -0.2) is 0 Å². The van der Waals surface area contributed by atoms with Gasteiger partial charge in [-0.3, -0.25) is 0 Å². The van der Waals surface area contributed by atoms with Crippen molar-refractivity contribution in [2.24, 2.45) is 5.92 Å². The SMILES string of the molecule is CNC1CCC(CC2CCCc3ccccc32)C1. The van der Waals surface area contributed by atoms with Gasteiger partial charge in [0.05, 0.1) is 0 Å². The zero-order chi connectivity index (χ0) is 12.4. The molecule has 1 aromatic rings. The first-order chi connectivity index (χ1) is 8.86. The van der Waals surface area contributed by atoms with Crippen molar-refractivity contribution in [2.75, 3.05) is 7.05 Å². The molecule has 1 nitrogen and oxygen atoms in total.